The van der Waals surface area contributed by atoms with Crippen LogP contribution in [0.5, 0.6) is 5.75 Å². The SMILES string of the molecule is CC1(C(=O)NCc2ccco2)Oc2ccc(Cl)cc2NC1=O. The second-order valence-corrected chi connectivity index (χ2v) is 5.43. The van der Waals surface area contributed by atoms with Gasteiger partial charge in [-0.3, -0.25) is 9.59 Å². The highest BCUT2D eigenvalue weighted by atomic mass is 35.5. The normalized spacial score (nSPS) is 19.8. The van der Waals surface area contributed by atoms with Crippen LogP contribution < -0.4 is 15.4 Å². The standard InChI is InChI=1S/C15H13ClN2O4/c1-15(13(19)17-8-10-3-2-6-21-10)14(20)18-11-7-9(16)4-5-12(11)22-15/h2-7H,8H2,1H3,(H,17,19)(H,18,20). The fourth-order valence-corrected chi connectivity index (χ4v) is 2.27. The Morgan fingerprint density at radius 2 is 2.23 bits per heavy atom. The van der Waals surface area contributed by atoms with E-state index in [2.05, 4.69) is 10.6 Å². The van der Waals surface area contributed by atoms with Gasteiger partial charge in [0.25, 0.3) is 17.4 Å². The number of ether oxygens (including phenoxy) is 1. The lowest BCUT2D eigenvalue weighted by Crippen LogP contribution is -2.58. The van der Waals surface area contributed by atoms with Crippen LogP contribution in [0.25, 0.3) is 0 Å². The van der Waals surface area contributed by atoms with E-state index in [1.807, 2.05) is 0 Å². The Bertz CT molecular complexity index is 729. The van der Waals surface area contributed by atoms with Crippen LogP contribution >= 0.6 is 11.6 Å². The average molecular weight is 321 g/mol. The van der Waals surface area contributed by atoms with Crippen molar-refractivity contribution in [3.05, 3.63) is 47.4 Å². The summed E-state index contributed by atoms with van der Waals surface area (Å²) in [6, 6.07) is 8.23. The highest BCUT2D eigenvalue weighted by Crippen LogP contribution is 2.35. The number of hydrogen-bond acceptors (Lipinski definition) is 4. The zero-order valence-electron chi connectivity index (χ0n) is 11.7. The quantitative estimate of drug-likeness (QED) is 0.851. The van der Waals surface area contributed by atoms with Gasteiger partial charge in [0.05, 0.1) is 18.5 Å². The number of hydrogen-bond donors (Lipinski definition) is 2. The smallest absolute Gasteiger partial charge is 0.278 e. The van der Waals surface area contributed by atoms with Crippen LogP contribution in [-0.2, 0) is 16.1 Å². The lowest BCUT2D eigenvalue weighted by atomic mass is 10.0. The molecule has 7 heteroatoms. The number of nitrogens with one attached hydrogen (secondary N) is 2. The molecule has 1 aromatic carbocycles. The lowest BCUT2D eigenvalue weighted by Gasteiger charge is -2.33. The van der Waals surface area contributed by atoms with E-state index in [1.165, 1.54) is 13.2 Å². The molecule has 2 aromatic rings. The predicted molar refractivity (Wildman–Crippen MR) is 79.7 cm³/mol. The van der Waals surface area contributed by atoms with Crippen LogP contribution in [0.15, 0.2) is 41.0 Å². The Hall–Kier alpha value is -2.47. The van der Waals surface area contributed by atoms with Crippen molar-refractivity contribution >= 4 is 29.1 Å². The molecule has 1 atom stereocenters. The molecule has 1 aromatic heterocycles. The van der Waals surface area contributed by atoms with Gasteiger partial charge in [-0.15, -0.1) is 0 Å². The number of fused-ring (bicyclic) bond motifs is 1. The molecule has 114 valence electrons. The molecule has 0 aliphatic carbocycles. The second kappa shape index (κ2) is 5.38. The number of furan rings is 1. The zero-order valence-corrected chi connectivity index (χ0v) is 12.4. The highest BCUT2D eigenvalue weighted by Gasteiger charge is 2.47. The van der Waals surface area contributed by atoms with Crippen LogP contribution in [0.3, 0.4) is 0 Å². The maximum atomic E-state index is 12.3. The third-order valence-corrected chi connectivity index (χ3v) is 3.61. The minimum atomic E-state index is -1.66. The number of halogens is 1. The summed E-state index contributed by atoms with van der Waals surface area (Å²) in [5.74, 6) is -0.138. The van der Waals surface area contributed by atoms with Gasteiger partial charge < -0.3 is 19.8 Å². The number of carbonyl (C=O) groups is 2. The van der Waals surface area contributed by atoms with Gasteiger partial charge in [0.15, 0.2) is 0 Å². The Balaban J connectivity index is 1.78. The third kappa shape index (κ3) is 2.53. The molecule has 6 nitrogen and oxygen atoms in total. The number of anilines is 1. The molecule has 1 aliphatic heterocycles. The van der Waals surface area contributed by atoms with Crippen molar-refractivity contribution in [2.75, 3.05) is 5.32 Å². The molecule has 2 heterocycles. The first-order chi connectivity index (χ1) is 10.5. The molecule has 0 spiro atoms. The summed E-state index contributed by atoms with van der Waals surface area (Å²) in [7, 11) is 0. The summed E-state index contributed by atoms with van der Waals surface area (Å²) in [5.41, 5.74) is -1.22. The van der Waals surface area contributed by atoms with Crippen LogP contribution in [0.4, 0.5) is 5.69 Å². The number of rotatable bonds is 3. The number of amides is 2. The first kappa shape index (κ1) is 14.5. The topological polar surface area (TPSA) is 80.6 Å². The summed E-state index contributed by atoms with van der Waals surface area (Å²) in [6.45, 7) is 1.59. The third-order valence-electron chi connectivity index (χ3n) is 3.37. The Labute approximate surface area is 131 Å². The fourth-order valence-electron chi connectivity index (χ4n) is 2.10. The van der Waals surface area contributed by atoms with Gasteiger partial charge >= 0.3 is 0 Å². The minimum absolute atomic E-state index is 0.172. The van der Waals surface area contributed by atoms with Crippen LogP contribution in [0, 0.1) is 0 Å². The summed E-state index contributed by atoms with van der Waals surface area (Å²) in [4.78, 5) is 24.6. The maximum absolute atomic E-state index is 12.3. The van der Waals surface area contributed by atoms with E-state index in [0.717, 1.165) is 0 Å². The summed E-state index contributed by atoms with van der Waals surface area (Å²) < 4.78 is 10.7. The van der Waals surface area contributed by atoms with Gasteiger partial charge in [-0.2, -0.15) is 0 Å². The predicted octanol–water partition coefficient (Wildman–Crippen LogP) is 2.34. The molecule has 0 fully saturated rings. The van der Waals surface area contributed by atoms with Gasteiger partial charge in [-0.05, 0) is 37.3 Å². The molecule has 0 saturated heterocycles. The molecular formula is C15H13ClN2O4. The average Bonchev–Trinajstić information content (AvgIpc) is 2.99. The monoisotopic (exact) mass is 320 g/mol. The molecule has 0 bridgehead atoms. The Morgan fingerprint density at radius 3 is 2.95 bits per heavy atom. The van der Waals surface area contributed by atoms with Crippen molar-refractivity contribution in [2.45, 2.75) is 19.1 Å². The van der Waals surface area contributed by atoms with E-state index in [0.29, 0.717) is 22.2 Å². The molecule has 1 unspecified atom stereocenters. The van der Waals surface area contributed by atoms with Crippen molar-refractivity contribution in [1.82, 2.24) is 5.32 Å². The van der Waals surface area contributed by atoms with Crippen molar-refractivity contribution in [3.63, 3.8) is 0 Å². The molecular weight excluding hydrogens is 308 g/mol. The first-order valence-corrected chi connectivity index (χ1v) is 6.97. The fraction of sp³-hybridized carbons (Fsp3) is 0.200. The molecule has 1 aliphatic rings. The second-order valence-electron chi connectivity index (χ2n) is 4.99. The van der Waals surface area contributed by atoms with Crippen molar-refractivity contribution in [2.24, 2.45) is 0 Å². The Kier molecular flexibility index (Phi) is 3.54. The van der Waals surface area contributed by atoms with Gasteiger partial charge in [0, 0.05) is 5.02 Å². The van der Waals surface area contributed by atoms with Gasteiger partial charge in [-0.1, -0.05) is 11.6 Å². The molecule has 2 amide bonds. The van der Waals surface area contributed by atoms with E-state index in [9.17, 15) is 9.59 Å². The van der Waals surface area contributed by atoms with E-state index in [1.54, 1.807) is 30.3 Å². The number of benzene rings is 1. The number of carbonyl (C=O) groups excluding carboxylic acids is 2. The van der Waals surface area contributed by atoms with Gasteiger partial charge in [0.2, 0.25) is 0 Å². The Morgan fingerprint density at radius 1 is 1.41 bits per heavy atom. The van der Waals surface area contributed by atoms with Gasteiger partial charge in [0.1, 0.15) is 11.5 Å². The summed E-state index contributed by atoms with van der Waals surface area (Å²) >= 11 is 5.87. The minimum Gasteiger partial charge on any atom is -0.467 e. The van der Waals surface area contributed by atoms with Crippen LogP contribution in [0.2, 0.25) is 5.02 Å². The molecule has 22 heavy (non-hydrogen) atoms. The zero-order chi connectivity index (χ0) is 15.7. The summed E-state index contributed by atoms with van der Waals surface area (Å²) in [6.07, 6.45) is 1.51. The highest BCUT2D eigenvalue weighted by molar-refractivity contribution is 6.31. The van der Waals surface area contributed by atoms with E-state index >= 15 is 0 Å². The van der Waals surface area contributed by atoms with Crippen molar-refractivity contribution in [1.29, 1.82) is 0 Å². The van der Waals surface area contributed by atoms with E-state index < -0.39 is 17.4 Å². The van der Waals surface area contributed by atoms with Crippen LogP contribution in [-0.4, -0.2) is 17.4 Å². The lowest BCUT2D eigenvalue weighted by molar-refractivity contribution is -0.146. The molecule has 2 N–H and O–H groups in total. The molecule has 3 rings (SSSR count). The molecule has 0 saturated carbocycles. The largest absolute Gasteiger partial charge is 0.467 e. The maximum Gasteiger partial charge on any atom is 0.278 e. The van der Waals surface area contributed by atoms with Crippen molar-refractivity contribution < 1.29 is 18.7 Å². The molecule has 0 radical (unpaired) electrons. The van der Waals surface area contributed by atoms with E-state index in [-0.39, 0.29) is 6.54 Å². The first-order valence-electron chi connectivity index (χ1n) is 6.60. The van der Waals surface area contributed by atoms with E-state index in [4.69, 9.17) is 20.8 Å². The summed E-state index contributed by atoms with van der Waals surface area (Å²) in [5, 5.41) is 5.72. The van der Waals surface area contributed by atoms with Crippen LogP contribution in [0.1, 0.15) is 12.7 Å². The van der Waals surface area contributed by atoms with Crippen molar-refractivity contribution in [3.8, 4) is 5.75 Å². The van der Waals surface area contributed by atoms with Gasteiger partial charge in [-0.25, -0.2) is 0 Å².